The van der Waals surface area contributed by atoms with Crippen LogP contribution in [0.2, 0.25) is 0 Å². The molecule has 30 heavy (non-hydrogen) atoms. The molecule has 1 heterocycles. The Morgan fingerprint density at radius 3 is 2.60 bits per heavy atom. The van der Waals surface area contributed by atoms with E-state index in [1.165, 1.54) is 12.1 Å². The molecule has 158 valence electrons. The highest BCUT2D eigenvalue weighted by Gasteiger charge is 2.19. The Morgan fingerprint density at radius 2 is 1.87 bits per heavy atom. The number of urea groups is 1. The number of nitrogens with zero attached hydrogens (tertiary/aromatic N) is 1. The molecule has 3 aromatic rings. The number of hydrogen-bond donors (Lipinski definition) is 4. The van der Waals surface area contributed by atoms with Gasteiger partial charge in [-0.2, -0.15) is 0 Å². The fourth-order valence-corrected chi connectivity index (χ4v) is 3.10. The van der Waals surface area contributed by atoms with Gasteiger partial charge in [-0.05, 0) is 36.2 Å². The smallest absolute Gasteiger partial charge is 0.315 e. The number of aromatic amines is 1. The molecule has 0 saturated heterocycles. The van der Waals surface area contributed by atoms with Crippen LogP contribution in [0.15, 0.2) is 48.5 Å². The van der Waals surface area contributed by atoms with Crippen molar-refractivity contribution in [3.63, 3.8) is 0 Å². The normalized spacial score (nSPS) is 11.8. The van der Waals surface area contributed by atoms with E-state index >= 15 is 0 Å². The number of benzene rings is 2. The lowest BCUT2D eigenvalue weighted by molar-refractivity contribution is -0.123. The highest BCUT2D eigenvalue weighted by molar-refractivity contribution is 5.87. The van der Waals surface area contributed by atoms with E-state index in [0.717, 1.165) is 28.8 Å². The van der Waals surface area contributed by atoms with Crippen LogP contribution in [0.5, 0.6) is 0 Å². The van der Waals surface area contributed by atoms with Crippen LogP contribution < -0.4 is 16.0 Å². The van der Waals surface area contributed by atoms with Crippen LogP contribution in [0.1, 0.15) is 31.2 Å². The van der Waals surface area contributed by atoms with Crippen LogP contribution in [-0.2, 0) is 17.8 Å². The van der Waals surface area contributed by atoms with Gasteiger partial charge in [-0.15, -0.1) is 0 Å². The fraction of sp³-hybridized carbons (Fsp3) is 0.318. The first-order valence-electron chi connectivity index (χ1n) is 10.1. The van der Waals surface area contributed by atoms with Gasteiger partial charge in [0.25, 0.3) is 0 Å². The average molecular weight is 411 g/mol. The maximum absolute atomic E-state index is 12.9. The molecule has 1 atom stereocenters. The topological polar surface area (TPSA) is 98.9 Å². The molecule has 0 aliphatic carbocycles. The third kappa shape index (κ3) is 6.04. The number of imidazole rings is 1. The summed E-state index contributed by atoms with van der Waals surface area (Å²) < 4.78 is 12.9. The van der Waals surface area contributed by atoms with Gasteiger partial charge in [0.15, 0.2) is 0 Å². The Bertz CT molecular complexity index is 954. The van der Waals surface area contributed by atoms with Gasteiger partial charge in [-0.25, -0.2) is 14.2 Å². The van der Waals surface area contributed by atoms with Crippen molar-refractivity contribution in [2.75, 3.05) is 6.54 Å². The molecule has 3 amide bonds. The van der Waals surface area contributed by atoms with E-state index in [2.05, 4.69) is 25.9 Å². The molecular formula is C22H26FN5O2. The maximum Gasteiger partial charge on any atom is 0.315 e. The van der Waals surface area contributed by atoms with E-state index in [0.29, 0.717) is 19.4 Å². The monoisotopic (exact) mass is 411 g/mol. The Labute approximate surface area is 174 Å². The summed E-state index contributed by atoms with van der Waals surface area (Å²) in [4.78, 5) is 32.4. The molecule has 3 rings (SSSR count). The minimum atomic E-state index is -0.626. The first kappa shape index (κ1) is 21.3. The molecule has 0 fully saturated rings. The van der Waals surface area contributed by atoms with Crippen molar-refractivity contribution in [3.05, 3.63) is 65.7 Å². The van der Waals surface area contributed by atoms with Crippen LogP contribution in [0, 0.1) is 5.82 Å². The van der Waals surface area contributed by atoms with E-state index in [9.17, 15) is 14.0 Å². The highest BCUT2D eigenvalue weighted by Crippen LogP contribution is 2.10. The number of nitrogens with one attached hydrogen (secondary N) is 4. The average Bonchev–Trinajstić information content (AvgIpc) is 3.16. The summed E-state index contributed by atoms with van der Waals surface area (Å²) in [5, 5.41) is 8.26. The van der Waals surface area contributed by atoms with Gasteiger partial charge in [0, 0.05) is 19.5 Å². The number of para-hydroxylation sites is 2. The molecule has 0 aliphatic rings. The number of fused-ring (bicyclic) bond motifs is 1. The van der Waals surface area contributed by atoms with Gasteiger partial charge in [-0.3, -0.25) is 4.79 Å². The first-order chi connectivity index (χ1) is 14.5. The van der Waals surface area contributed by atoms with Crippen molar-refractivity contribution in [2.45, 2.75) is 38.8 Å². The van der Waals surface area contributed by atoms with E-state index in [1.54, 1.807) is 12.1 Å². The maximum atomic E-state index is 12.9. The molecular weight excluding hydrogens is 385 g/mol. The zero-order valence-corrected chi connectivity index (χ0v) is 16.9. The van der Waals surface area contributed by atoms with Crippen molar-refractivity contribution in [1.29, 1.82) is 0 Å². The van der Waals surface area contributed by atoms with Gasteiger partial charge in [0.05, 0.1) is 11.0 Å². The number of rotatable bonds is 9. The largest absolute Gasteiger partial charge is 0.354 e. The Balaban J connectivity index is 1.45. The van der Waals surface area contributed by atoms with Crippen molar-refractivity contribution in [2.24, 2.45) is 0 Å². The minimum Gasteiger partial charge on any atom is -0.354 e. The van der Waals surface area contributed by atoms with Gasteiger partial charge in [0.2, 0.25) is 5.91 Å². The molecule has 2 aromatic carbocycles. The molecule has 0 aliphatic heterocycles. The summed E-state index contributed by atoms with van der Waals surface area (Å²) in [5.41, 5.74) is 2.62. The number of H-pyrrole nitrogens is 1. The SMILES string of the molecule is CCCC(NC(=O)NCc1ccc(F)cc1)C(=O)NCCc1nc2ccccc2[nH]1. The molecule has 0 radical (unpaired) electrons. The highest BCUT2D eigenvalue weighted by atomic mass is 19.1. The van der Waals surface area contributed by atoms with Crippen LogP contribution in [-0.4, -0.2) is 34.5 Å². The molecule has 4 N–H and O–H groups in total. The molecule has 1 aromatic heterocycles. The fourth-order valence-electron chi connectivity index (χ4n) is 3.10. The standard InChI is InChI=1S/C22H26FN5O2/c1-2-5-19(28-22(30)25-14-15-8-10-16(23)11-9-15)21(29)24-13-12-20-26-17-6-3-4-7-18(17)27-20/h3-4,6-11,19H,2,5,12-14H2,1H3,(H,24,29)(H,26,27)(H2,25,28,30). The van der Waals surface area contributed by atoms with E-state index in [-0.39, 0.29) is 18.3 Å². The van der Waals surface area contributed by atoms with Crippen LogP contribution >= 0.6 is 0 Å². The van der Waals surface area contributed by atoms with Crippen molar-refractivity contribution in [3.8, 4) is 0 Å². The summed E-state index contributed by atoms with van der Waals surface area (Å²) in [6, 6.07) is 12.6. The second-order valence-electron chi connectivity index (χ2n) is 7.04. The van der Waals surface area contributed by atoms with Crippen molar-refractivity contribution in [1.82, 2.24) is 25.9 Å². The third-order valence-corrected chi connectivity index (χ3v) is 4.66. The minimum absolute atomic E-state index is 0.232. The van der Waals surface area contributed by atoms with Crippen LogP contribution in [0.4, 0.5) is 9.18 Å². The van der Waals surface area contributed by atoms with Gasteiger partial charge < -0.3 is 20.9 Å². The summed E-state index contributed by atoms with van der Waals surface area (Å²) in [5.74, 6) is 0.240. The zero-order valence-electron chi connectivity index (χ0n) is 16.9. The first-order valence-corrected chi connectivity index (χ1v) is 10.1. The van der Waals surface area contributed by atoms with Crippen LogP contribution in [0.3, 0.4) is 0 Å². The zero-order chi connectivity index (χ0) is 21.3. The predicted octanol–water partition coefficient (Wildman–Crippen LogP) is 3.03. The summed E-state index contributed by atoms with van der Waals surface area (Å²) >= 11 is 0. The summed E-state index contributed by atoms with van der Waals surface area (Å²) in [6.45, 7) is 2.61. The number of aromatic nitrogens is 2. The number of amides is 3. The quantitative estimate of drug-likeness (QED) is 0.436. The predicted molar refractivity (Wildman–Crippen MR) is 113 cm³/mol. The molecule has 0 bridgehead atoms. The second-order valence-corrected chi connectivity index (χ2v) is 7.04. The molecule has 7 nitrogen and oxygen atoms in total. The van der Waals surface area contributed by atoms with E-state index < -0.39 is 12.1 Å². The van der Waals surface area contributed by atoms with Gasteiger partial charge in [-0.1, -0.05) is 37.6 Å². The third-order valence-electron chi connectivity index (χ3n) is 4.66. The molecule has 0 saturated carbocycles. The molecule has 0 spiro atoms. The summed E-state index contributed by atoms with van der Waals surface area (Å²) in [7, 11) is 0. The lowest BCUT2D eigenvalue weighted by Gasteiger charge is -2.18. The summed E-state index contributed by atoms with van der Waals surface area (Å²) in [6.07, 6.45) is 1.84. The Kier molecular flexibility index (Phi) is 7.37. The van der Waals surface area contributed by atoms with Gasteiger partial charge in [0.1, 0.15) is 17.7 Å². The van der Waals surface area contributed by atoms with Gasteiger partial charge >= 0.3 is 6.03 Å². The Morgan fingerprint density at radius 1 is 1.10 bits per heavy atom. The van der Waals surface area contributed by atoms with E-state index in [4.69, 9.17) is 0 Å². The number of carbonyl (C=O) groups excluding carboxylic acids is 2. The second kappa shape index (κ2) is 10.4. The molecule has 8 heteroatoms. The molecule has 1 unspecified atom stereocenters. The lowest BCUT2D eigenvalue weighted by Crippen LogP contribution is -2.50. The number of hydrogen-bond acceptors (Lipinski definition) is 3. The number of halogens is 1. The lowest BCUT2D eigenvalue weighted by atomic mass is 10.1. The number of carbonyl (C=O) groups is 2. The van der Waals surface area contributed by atoms with Crippen molar-refractivity contribution < 1.29 is 14.0 Å². The van der Waals surface area contributed by atoms with Crippen LogP contribution in [0.25, 0.3) is 11.0 Å². The van der Waals surface area contributed by atoms with Crippen molar-refractivity contribution >= 4 is 23.0 Å². The van der Waals surface area contributed by atoms with E-state index in [1.807, 2.05) is 31.2 Å². The Hall–Kier alpha value is -3.42.